The molecule has 1 aromatic carbocycles. The smallest absolute Gasteiger partial charge is 0.305 e. The highest BCUT2D eigenvalue weighted by Gasteiger charge is 2.50. The minimum atomic E-state index is -2.28. The topological polar surface area (TPSA) is 81.7 Å². The zero-order chi connectivity index (χ0) is 38.6. The van der Waals surface area contributed by atoms with Crippen molar-refractivity contribution < 1.29 is 37.3 Å². The molecule has 10 atom stereocenters. The molecule has 1 aromatic rings. The maximum absolute atomic E-state index is 12.2. The van der Waals surface area contributed by atoms with Crippen LogP contribution in [0.2, 0.25) is 34.8 Å². The summed E-state index contributed by atoms with van der Waals surface area (Å²) >= 11 is 0. The largest absolute Gasteiger partial charge is 0.469 e. The molecule has 0 N–H and O–H groups in total. The zero-order valence-electron chi connectivity index (χ0n) is 35.1. The summed E-state index contributed by atoms with van der Waals surface area (Å²) in [6.45, 7) is 30.6. The van der Waals surface area contributed by atoms with Gasteiger partial charge in [0.2, 0.25) is 8.32 Å². The van der Waals surface area contributed by atoms with E-state index in [9.17, 15) is 4.79 Å². The molecule has 8 nitrogen and oxygen atoms in total. The molecule has 0 bridgehead atoms. The lowest BCUT2D eigenvalue weighted by Gasteiger charge is -2.46. The number of benzene rings is 1. The van der Waals surface area contributed by atoms with E-state index >= 15 is 0 Å². The Morgan fingerprint density at radius 2 is 1.52 bits per heavy atom. The predicted molar refractivity (Wildman–Crippen MR) is 213 cm³/mol. The van der Waals surface area contributed by atoms with Gasteiger partial charge in [-0.25, -0.2) is 0 Å². The van der Waals surface area contributed by atoms with Crippen LogP contribution in [0.5, 0.6) is 0 Å². The fourth-order valence-corrected chi connectivity index (χ4v) is 16.1. The van der Waals surface area contributed by atoms with Crippen LogP contribution in [0.25, 0.3) is 0 Å². The van der Waals surface area contributed by atoms with Gasteiger partial charge in [-0.1, -0.05) is 106 Å². The van der Waals surface area contributed by atoms with E-state index < -0.39 is 22.9 Å². The fraction of sp³-hybridized carbons (Fsp3) is 0.833. The molecule has 0 aromatic heterocycles. The van der Waals surface area contributed by atoms with Crippen molar-refractivity contribution in [3.05, 3.63) is 35.9 Å². The van der Waals surface area contributed by atoms with Crippen molar-refractivity contribution in [2.45, 2.75) is 198 Å². The van der Waals surface area contributed by atoms with E-state index in [1.807, 2.05) is 18.2 Å². The van der Waals surface area contributed by atoms with Gasteiger partial charge in [0, 0.05) is 12.0 Å². The highest BCUT2D eigenvalue weighted by atomic mass is 28.4. The van der Waals surface area contributed by atoms with Crippen molar-refractivity contribution in [1.29, 1.82) is 0 Å². The van der Waals surface area contributed by atoms with Crippen molar-refractivity contribution in [1.82, 2.24) is 0 Å². The highest BCUT2D eigenvalue weighted by Crippen LogP contribution is 2.46. The third-order valence-electron chi connectivity index (χ3n) is 12.9. The number of rotatable bonds is 15. The van der Waals surface area contributed by atoms with Gasteiger partial charge in [0.05, 0.1) is 56.8 Å². The standard InChI is InChI=1S/C42H74O8Si2/c1-27(2)52(28(3)4,29(5)6)49-34(24-33-22-30(7)40(46-33)31(8)23-39(43)44-12)25-37-36(50-51(13,14)42(9,10)11)21-20-35-38(47-37)26-45-41(48-35)32-18-16-15-17-19-32/h15-19,27-31,33-38,40-41H,20-26H2,1-14H3/t30-,31+,33+,34-,35-,36+,37-,38+,40+,41+/m0/s1. The number of carbonyl (C=O) groups is 1. The van der Waals surface area contributed by atoms with Crippen molar-refractivity contribution >= 4 is 22.6 Å². The van der Waals surface area contributed by atoms with Crippen LogP contribution in [-0.4, -0.2) is 79.0 Å². The maximum Gasteiger partial charge on any atom is 0.305 e. The number of hydrogen-bond donors (Lipinski definition) is 0. The van der Waals surface area contributed by atoms with E-state index in [1.54, 1.807) is 0 Å². The molecular formula is C42H74O8Si2. The monoisotopic (exact) mass is 762 g/mol. The molecule has 10 heteroatoms. The van der Waals surface area contributed by atoms with Gasteiger partial charge in [0.25, 0.3) is 0 Å². The minimum absolute atomic E-state index is 0.00528. The summed E-state index contributed by atoms with van der Waals surface area (Å²) in [5.41, 5.74) is 2.37. The molecule has 298 valence electrons. The number of esters is 1. The lowest BCUT2D eigenvalue weighted by Crippen LogP contribution is -2.53. The molecule has 0 radical (unpaired) electrons. The first-order chi connectivity index (χ1) is 24.3. The number of methoxy groups -OCH3 is 1. The number of hydrogen-bond acceptors (Lipinski definition) is 8. The summed E-state index contributed by atoms with van der Waals surface area (Å²) in [5, 5.41) is 0.0588. The summed E-state index contributed by atoms with van der Waals surface area (Å²) in [6.07, 6.45) is 3.57. The van der Waals surface area contributed by atoms with Crippen LogP contribution < -0.4 is 0 Å². The van der Waals surface area contributed by atoms with Crippen LogP contribution in [-0.2, 0) is 37.3 Å². The van der Waals surface area contributed by atoms with Crippen LogP contribution in [0, 0.1) is 11.8 Å². The molecule has 3 aliphatic rings. The van der Waals surface area contributed by atoms with Crippen LogP contribution >= 0.6 is 0 Å². The first kappa shape index (κ1) is 43.6. The Balaban J connectivity index is 1.66. The third-order valence-corrected chi connectivity index (χ3v) is 23.5. The predicted octanol–water partition coefficient (Wildman–Crippen LogP) is 10.4. The Morgan fingerprint density at radius 3 is 2.10 bits per heavy atom. The van der Waals surface area contributed by atoms with Gasteiger partial charge in [0.1, 0.15) is 6.10 Å². The average Bonchev–Trinajstić information content (AvgIpc) is 3.35. The molecule has 3 aliphatic heterocycles. The summed E-state index contributed by atoms with van der Waals surface area (Å²) in [5.74, 6) is 0.237. The number of carbonyl (C=O) groups excluding carboxylic acids is 1. The lowest BCUT2D eigenvalue weighted by molar-refractivity contribution is -0.271. The molecule has 0 unspecified atom stereocenters. The van der Waals surface area contributed by atoms with Gasteiger partial charge in [-0.2, -0.15) is 0 Å². The molecule has 4 rings (SSSR count). The van der Waals surface area contributed by atoms with Gasteiger partial charge in [-0.15, -0.1) is 0 Å². The molecule has 0 spiro atoms. The molecule has 0 aliphatic carbocycles. The molecule has 3 saturated heterocycles. The second-order valence-electron chi connectivity index (χ2n) is 18.7. The van der Waals surface area contributed by atoms with Gasteiger partial charge in [0.15, 0.2) is 14.6 Å². The summed E-state index contributed by atoms with van der Waals surface area (Å²) in [7, 11) is -2.97. The van der Waals surface area contributed by atoms with Crippen molar-refractivity contribution in [3.8, 4) is 0 Å². The van der Waals surface area contributed by atoms with E-state index in [1.165, 1.54) is 7.11 Å². The zero-order valence-corrected chi connectivity index (χ0v) is 37.1. The quantitative estimate of drug-likeness (QED) is 0.129. The van der Waals surface area contributed by atoms with Crippen LogP contribution in [0.3, 0.4) is 0 Å². The third kappa shape index (κ3) is 10.4. The normalized spacial score (nSPS) is 30.3. The van der Waals surface area contributed by atoms with Crippen molar-refractivity contribution in [3.63, 3.8) is 0 Å². The van der Waals surface area contributed by atoms with E-state index in [4.69, 9.17) is 32.5 Å². The van der Waals surface area contributed by atoms with Gasteiger partial charge in [-0.3, -0.25) is 4.79 Å². The van der Waals surface area contributed by atoms with Crippen LogP contribution in [0.1, 0.15) is 127 Å². The van der Waals surface area contributed by atoms with E-state index in [2.05, 4.69) is 101 Å². The first-order valence-electron chi connectivity index (χ1n) is 20.3. The molecule has 3 fully saturated rings. The Kier molecular flexibility index (Phi) is 15.3. The summed E-state index contributed by atoms with van der Waals surface area (Å²) in [6, 6.07) is 10.2. The highest BCUT2D eigenvalue weighted by molar-refractivity contribution is 6.77. The Hall–Kier alpha value is -1.12. The second-order valence-corrected chi connectivity index (χ2v) is 28.8. The number of ether oxygens (including phenoxy) is 5. The molecular weight excluding hydrogens is 689 g/mol. The number of fused-ring (bicyclic) bond motifs is 1. The molecule has 52 heavy (non-hydrogen) atoms. The van der Waals surface area contributed by atoms with Gasteiger partial charge < -0.3 is 32.5 Å². The molecule has 0 amide bonds. The van der Waals surface area contributed by atoms with Crippen LogP contribution in [0.15, 0.2) is 30.3 Å². The second kappa shape index (κ2) is 18.2. The molecule has 3 heterocycles. The van der Waals surface area contributed by atoms with Crippen molar-refractivity contribution in [2.75, 3.05) is 13.7 Å². The van der Waals surface area contributed by atoms with E-state index in [0.717, 1.165) is 37.7 Å². The summed E-state index contributed by atoms with van der Waals surface area (Å²) < 4.78 is 47.0. The minimum Gasteiger partial charge on any atom is -0.469 e. The Bertz CT molecular complexity index is 1230. The summed E-state index contributed by atoms with van der Waals surface area (Å²) in [4.78, 5) is 12.2. The SMILES string of the molecule is COC(=O)C[C@@H](C)[C@@H]1O[C@@H](C[C@@H](C[C@@H]2O[C@@H]3CO[C@@H](c4ccccc4)O[C@H]3CC[C@H]2O[Si](C)(C)C(C)(C)C)O[Si](C(C)C)(C(C)C)C(C)C)C[C@@H]1C. The van der Waals surface area contributed by atoms with Gasteiger partial charge >= 0.3 is 5.97 Å². The average molecular weight is 763 g/mol. The molecule has 0 saturated carbocycles. The van der Waals surface area contributed by atoms with E-state index in [-0.39, 0.29) is 59.7 Å². The Labute approximate surface area is 319 Å². The first-order valence-corrected chi connectivity index (χ1v) is 25.4. The van der Waals surface area contributed by atoms with Crippen LogP contribution in [0.4, 0.5) is 0 Å². The lowest BCUT2D eigenvalue weighted by atomic mass is 9.89. The van der Waals surface area contributed by atoms with Gasteiger partial charge in [-0.05, 0) is 72.3 Å². The van der Waals surface area contributed by atoms with Crippen molar-refractivity contribution in [2.24, 2.45) is 11.8 Å². The Morgan fingerprint density at radius 1 is 0.885 bits per heavy atom. The van der Waals surface area contributed by atoms with E-state index in [0.29, 0.717) is 35.6 Å². The fourth-order valence-electron chi connectivity index (χ4n) is 9.18. The maximum atomic E-state index is 12.2.